The van der Waals surface area contributed by atoms with Gasteiger partial charge in [0.25, 0.3) is 0 Å². The fourth-order valence-corrected chi connectivity index (χ4v) is 4.83. The quantitative estimate of drug-likeness (QED) is 0.320. The number of benzene rings is 5. The van der Waals surface area contributed by atoms with Gasteiger partial charge in [-0.2, -0.15) is 0 Å². The molecular formula is C30H27NO. The van der Waals surface area contributed by atoms with Crippen molar-refractivity contribution in [2.45, 2.75) is 19.0 Å². The molecule has 0 bridgehead atoms. The van der Waals surface area contributed by atoms with Gasteiger partial charge < -0.3 is 5.11 Å². The summed E-state index contributed by atoms with van der Waals surface area (Å²) >= 11 is 0. The number of nitrogens with zero attached hydrogens (tertiary/aromatic N) is 1. The molecule has 1 unspecified atom stereocenters. The summed E-state index contributed by atoms with van der Waals surface area (Å²) in [5, 5.41) is 15.8. The lowest BCUT2D eigenvalue weighted by atomic mass is 9.88. The van der Waals surface area contributed by atoms with Gasteiger partial charge in [-0.1, -0.05) is 103 Å². The largest absolute Gasteiger partial charge is 0.508 e. The van der Waals surface area contributed by atoms with Gasteiger partial charge in [-0.05, 0) is 52.7 Å². The van der Waals surface area contributed by atoms with Gasteiger partial charge in [0.05, 0.1) is 6.04 Å². The van der Waals surface area contributed by atoms with E-state index in [2.05, 4.69) is 104 Å². The Morgan fingerprint density at radius 1 is 0.625 bits per heavy atom. The fraction of sp³-hybridized carbons (Fsp3) is 0.133. The molecule has 5 aromatic carbocycles. The van der Waals surface area contributed by atoms with Crippen molar-refractivity contribution in [3.8, 4) is 5.75 Å². The van der Waals surface area contributed by atoms with Crippen LogP contribution >= 0.6 is 0 Å². The minimum absolute atomic E-state index is 0.123. The number of aromatic hydroxyl groups is 1. The average molecular weight is 418 g/mol. The molecule has 2 atom stereocenters. The number of phenolic OH excluding ortho intramolecular Hbond substituents is 1. The van der Waals surface area contributed by atoms with Gasteiger partial charge in [-0.15, -0.1) is 0 Å². The lowest BCUT2D eigenvalue weighted by Gasteiger charge is -2.36. The Bertz CT molecular complexity index is 1370. The lowest BCUT2D eigenvalue weighted by Crippen LogP contribution is -2.29. The Kier molecular flexibility index (Phi) is 5.38. The van der Waals surface area contributed by atoms with Crippen LogP contribution in [0.1, 0.15) is 35.7 Å². The van der Waals surface area contributed by atoms with Gasteiger partial charge in [0.1, 0.15) is 5.75 Å². The van der Waals surface area contributed by atoms with Crippen molar-refractivity contribution < 1.29 is 5.11 Å². The number of hydrogen-bond acceptors (Lipinski definition) is 2. The van der Waals surface area contributed by atoms with E-state index in [-0.39, 0.29) is 12.1 Å². The third-order valence-corrected chi connectivity index (χ3v) is 6.64. The summed E-state index contributed by atoms with van der Waals surface area (Å²) in [6.45, 7) is 2.23. The predicted molar refractivity (Wildman–Crippen MR) is 134 cm³/mol. The van der Waals surface area contributed by atoms with E-state index in [1.807, 2.05) is 24.3 Å². The van der Waals surface area contributed by atoms with E-state index in [0.29, 0.717) is 5.75 Å². The minimum Gasteiger partial charge on any atom is -0.508 e. The molecular weight excluding hydrogens is 390 g/mol. The highest BCUT2D eigenvalue weighted by Gasteiger charge is 2.29. The molecule has 0 aliphatic heterocycles. The molecule has 32 heavy (non-hydrogen) atoms. The third-order valence-electron chi connectivity index (χ3n) is 6.64. The van der Waals surface area contributed by atoms with Gasteiger partial charge >= 0.3 is 0 Å². The van der Waals surface area contributed by atoms with Crippen LogP contribution in [0.15, 0.2) is 109 Å². The van der Waals surface area contributed by atoms with Crippen LogP contribution in [-0.4, -0.2) is 17.1 Å². The standard InChI is InChI=1S/C30H27NO/c1-21(22-11-4-3-5-12-22)31(2)30(27-18-10-15-23-13-6-8-16-25(23)27)29-26-17-9-7-14-24(26)19-20-28(29)32/h3-21,30,32H,1-2H3/t21-,30?/m1/s1. The van der Waals surface area contributed by atoms with E-state index < -0.39 is 0 Å². The lowest BCUT2D eigenvalue weighted by molar-refractivity contribution is 0.212. The van der Waals surface area contributed by atoms with Crippen LogP contribution in [0, 0.1) is 0 Å². The van der Waals surface area contributed by atoms with E-state index in [1.54, 1.807) is 0 Å². The molecule has 2 nitrogen and oxygen atoms in total. The SMILES string of the molecule is C[C@H](c1ccccc1)N(C)C(c1cccc2ccccc12)c1c(O)ccc2ccccc12. The summed E-state index contributed by atoms with van der Waals surface area (Å²) in [6.07, 6.45) is 0. The normalized spacial score (nSPS) is 13.5. The van der Waals surface area contributed by atoms with E-state index in [4.69, 9.17) is 0 Å². The number of phenols is 1. The topological polar surface area (TPSA) is 23.5 Å². The molecule has 0 aliphatic carbocycles. The molecule has 0 heterocycles. The van der Waals surface area contributed by atoms with E-state index in [0.717, 1.165) is 16.3 Å². The summed E-state index contributed by atoms with van der Waals surface area (Å²) in [4.78, 5) is 2.37. The Morgan fingerprint density at radius 2 is 1.22 bits per heavy atom. The molecule has 1 N–H and O–H groups in total. The van der Waals surface area contributed by atoms with Crippen LogP contribution < -0.4 is 0 Å². The Labute approximate surface area is 189 Å². The van der Waals surface area contributed by atoms with Crippen molar-refractivity contribution in [2.75, 3.05) is 7.05 Å². The second-order valence-corrected chi connectivity index (χ2v) is 8.44. The van der Waals surface area contributed by atoms with E-state index in [1.165, 1.54) is 21.9 Å². The van der Waals surface area contributed by atoms with Crippen LogP contribution in [0.2, 0.25) is 0 Å². The van der Waals surface area contributed by atoms with E-state index >= 15 is 0 Å². The van der Waals surface area contributed by atoms with Crippen LogP contribution in [0.3, 0.4) is 0 Å². The highest BCUT2D eigenvalue weighted by atomic mass is 16.3. The average Bonchev–Trinajstić information content (AvgIpc) is 2.85. The Morgan fingerprint density at radius 3 is 1.97 bits per heavy atom. The fourth-order valence-electron chi connectivity index (χ4n) is 4.83. The zero-order valence-electron chi connectivity index (χ0n) is 18.4. The maximum Gasteiger partial charge on any atom is 0.121 e. The molecule has 158 valence electrons. The van der Waals surface area contributed by atoms with Gasteiger partial charge in [-0.25, -0.2) is 0 Å². The first-order chi connectivity index (χ1) is 15.6. The smallest absolute Gasteiger partial charge is 0.121 e. The molecule has 0 saturated heterocycles. The van der Waals surface area contributed by atoms with Crippen molar-refractivity contribution in [1.29, 1.82) is 0 Å². The second kappa shape index (κ2) is 8.49. The van der Waals surface area contributed by atoms with Gasteiger partial charge in [0.2, 0.25) is 0 Å². The van der Waals surface area contributed by atoms with Crippen molar-refractivity contribution in [3.63, 3.8) is 0 Å². The van der Waals surface area contributed by atoms with Crippen LogP contribution in [0.4, 0.5) is 0 Å². The maximum atomic E-state index is 11.2. The number of rotatable bonds is 5. The van der Waals surface area contributed by atoms with Crippen LogP contribution in [0.25, 0.3) is 21.5 Å². The zero-order chi connectivity index (χ0) is 22.1. The molecule has 0 aromatic heterocycles. The van der Waals surface area contributed by atoms with Crippen molar-refractivity contribution >= 4 is 21.5 Å². The molecule has 0 radical (unpaired) electrons. The predicted octanol–water partition coefficient (Wildman–Crippen LogP) is 7.48. The molecule has 0 aliphatic rings. The first kappa shape index (κ1) is 20.3. The monoisotopic (exact) mass is 417 g/mol. The third kappa shape index (κ3) is 3.53. The summed E-state index contributed by atoms with van der Waals surface area (Å²) < 4.78 is 0. The summed E-state index contributed by atoms with van der Waals surface area (Å²) in [5.74, 6) is 0.328. The van der Waals surface area contributed by atoms with Gasteiger partial charge in [-0.3, -0.25) is 4.90 Å². The van der Waals surface area contributed by atoms with Gasteiger partial charge in [0.15, 0.2) is 0 Å². The van der Waals surface area contributed by atoms with Crippen LogP contribution in [-0.2, 0) is 0 Å². The van der Waals surface area contributed by atoms with E-state index in [9.17, 15) is 5.11 Å². The van der Waals surface area contributed by atoms with Gasteiger partial charge in [0, 0.05) is 11.6 Å². The van der Waals surface area contributed by atoms with Crippen molar-refractivity contribution in [1.82, 2.24) is 4.90 Å². The molecule has 2 heteroatoms. The molecule has 5 rings (SSSR count). The zero-order valence-corrected chi connectivity index (χ0v) is 18.4. The molecule has 0 saturated carbocycles. The maximum absolute atomic E-state index is 11.2. The Hall–Kier alpha value is -3.62. The highest BCUT2D eigenvalue weighted by molar-refractivity contribution is 5.91. The Balaban J connectivity index is 1.78. The number of hydrogen-bond donors (Lipinski definition) is 1. The highest BCUT2D eigenvalue weighted by Crippen LogP contribution is 2.43. The summed E-state index contributed by atoms with van der Waals surface area (Å²) in [5.41, 5.74) is 3.39. The number of fused-ring (bicyclic) bond motifs is 2. The van der Waals surface area contributed by atoms with Crippen LogP contribution in [0.5, 0.6) is 5.75 Å². The molecule has 0 amide bonds. The molecule has 5 aromatic rings. The first-order valence-corrected chi connectivity index (χ1v) is 11.1. The molecule has 0 fully saturated rings. The minimum atomic E-state index is -0.123. The molecule has 0 spiro atoms. The first-order valence-electron chi connectivity index (χ1n) is 11.1. The van der Waals surface area contributed by atoms with Crippen molar-refractivity contribution in [3.05, 3.63) is 126 Å². The van der Waals surface area contributed by atoms with Crippen molar-refractivity contribution in [2.24, 2.45) is 0 Å². The summed E-state index contributed by atoms with van der Waals surface area (Å²) in [7, 11) is 2.16. The summed E-state index contributed by atoms with van der Waals surface area (Å²) in [6, 6.07) is 37.7. The second-order valence-electron chi connectivity index (χ2n) is 8.44.